The van der Waals surface area contributed by atoms with Crippen LogP contribution >= 0.6 is 36.2 Å². The lowest BCUT2D eigenvalue weighted by molar-refractivity contribution is 0.0926. The van der Waals surface area contributed by atoms with Gasteiger partial charge in [-0.25, -0.2) is 9.67 Å². The zero-order valence-corrected chi connectivity index (χ0v) is 17.0. The molecule has 2 fully saturated rings. The molecule has 2 aliphatic rings. The van der Waals surface area contributed by atoms with Crippen molar-refractivity contribution in [1.29, 1.82) is 0 Å². The average Bonchev–Trinajstić information content (AvgIpc) is 3.15. The highest BCUT2D eigenvalue weighted by Gasteiger charge is 2.35. The SMILES string of the molecule is Cc1csc(C(NC(=O)c2cn(C3CCNCC3)nn2)C2CC2)n1.Cl.Cl. The minimum absolute atomic E-state index is 0. The fourth-order valence-corrected chi connectivity index (χ4v) is 4.11. The molecule has 1 aliphatic heterocycles. The Kier molecular flexibility index (Phi) is 7.40. The second-order valence-electron chi connectivity index (χ2n) is 6.68. The summed E-state index contributed by atoms with van der Waals surface area (Å²) in [6, 6.07) is 0.335. The van der Waals surface area contributed by atoms with Crippen molar-refractivity contribution < 1.29 is 4.79 Å². The van der Waals surface area contributed by atoms with Crippen molar-refractivity contribution in [3.8, 4) is 0 Å². The summed E-state index contributed by atoms with van der Waals surface area (Å²) in [7, 11) is 0. The maximum Gasteiger partial charge on any atom is 0.274 e. The Labute approximate surface area is 169 Å². The Balaban J connectivity index is 0.00000121. The Bertz CT molecular complexity index is 726. The summed E-state index contributed by atoms with van der Waals surface area (Å²) >= 11 is 1.62. The molecular weight excluding hydrogens is 395 g/mol. The molecule has 1 atom stereocenters. The van der Waals surface area contributed by atoms with Gasteiger partial charge in [0.15, 0.2) is 5.69 Å². The number of hydrogen-bond acceptors (Lipinski definition) is 6. The maximum atomic E-state index is 12.6. The molecule has 7 nitrogen and oxygen atoms in total. The second-order valence-corrected chi connectivity index (χ2v) is 7.57. The highest BCUT2D eigenvalue weighted by molar-refractivity contribution is 7.09. The van der Waals surface area contributed by atoms with Crippen LogP contribution in [0, 0.1) is 12.8 Å². The quantitative estimate of drug-likeness (QED) is 0.779. The number of carbonyl (C=O) groups is 1. The number of amides is 1. The van der Waals surface area contributed by atoms with Crippen LogP contribution in [0.15, 0.2) is 11.6 Å². The van der Waals surface area contributed by atoms with Gasteiger partial charge >= 0.3 is 0 Å². The van der Waals surface area contributed by atoms with Crippen molar-refractivity contribution in [2.75, 3.05) is 13.1 Å². The van der Waals surface area contributed by atoms with Gasteiger partial charge in [0.1, 0.15) is 5.01 Å². The predicted octanol–water partition coefficient (Wildman–Crippen LogP) is 2.69. The lowest BCUT2D eigenvalue weighted by Gasteiger charge is -2.22. The van der Waals surface area contributed by atoms with E-state index < -0.39 is 0 Å². The van der Waals surface area contributed by atoms with Gasteiger partial charge in [-0.15, -0.1) is 41.2 Å². The Morgan fingerprint density at radius 3 is 2.65 bits per heavy atom. The number of hydrogen-bond donors (Lipinski definition) is 2. The first-order valence-corrected chi connectivity index (χ1v) is 9.44. The van der Waals surface area contributed by atoms with Crippen LogP contribution in [0.25, 0.3) is 0 Å². The summed E-state index contributed by atoms with van der Waals surface area (Å²) in [6.45, 7) is 3.95. The lowest BCUT2D eigenvalue weighted by atomic mass is 10.1. The Morgan fingerprint density at radius 2 is 2.04 bits per heavy atom. The molecule has 1 aliphatic carbocycles. The third-order valence-corrected chi connectivity index (χ3v) is 5.75. The molecule has 1 amide bonds. The van der Waals surface area contributed by atoms with E-state index in [0.29, 0.717) is 17.7 Å². The minimum Gasteiger partial charge on any atom is -0.341 e. The maximum absolute atomic E-state index is 12.6. The molecule has 4 rings (SSSR count). The first kappa shape index (κ1) is 21.1. The van der Waals surface area contributed by atoms with Gasteiger partial charge in [0.2, 0.25) is 0 Å². The number of aromatic nitrogens is 4. The van der Waals surface area contributed by atoms with E-state index in [1.54, 1.807) is 17.5 Å². The summed E-state index contributed by atoms with van der Waals surface area (Å²) in [6.07, 6.45) is 6.11. The molecule has 144 valence electrons. The fourth-order valence-electron chi connectivity index (χ4n) is 3.17. The van der Waals surface area contributed by atoms with Crippen LogP contribution in [0.1, 0.15) is 59.0 Å². The highest BCUT2D eigenvalue weighted by atomic mass is 35.5. The predicted molar refractivity (Wildman–Crippen MR) is 105 cm³/mol. The van der Waals surface area contributed by atoms with Crippen molar-refractivity contribution in [1.82, 2.24) is 30.6 Å². The smallest absolute Gasteiger partial charge is 0.274 e. The molecule has 2 aromatic rings. The molecule has 0 spiro atoms. The fraction of sp³-hybridized carbons (Fsp3) is 0.625. The van der Waals surface area contributed by atoms with Gasteiger partial charge in [0.25, 0.3) is 5.91 Å². The molecule has 0 aromatic carbocycles. The monoisotopic (exact) mass is 418 g/mol. The van der Waals surface area contributed by atoms with Crippen LogP contribution in [-0.4, -0.2) is 39.0 Å². The van der Waals surface area contributed by atoms with Crippen molar-refractivity contribution >= 4 is 42.1 Å². The van der Waals surface area contributed by atoms with Crippen molar-refractivity contribution in [2.24, 2.45) is 5.92 Å². The average molecular weight is 419 g/mol. The van der Waals surface area contributed by atoms with Crippen molar-refractivity contribution in [3.63, 3.8) is 0 Å². The molecule has 0 bridgehead atoms. The van der Waals surface area contributed by atoms with Gasteiger partial charge in [-0.2, -0.15) is 0 Å². The molecule has 1 saturated heterocycles. The van der Waals surface area contributed by atoms with Gasteiger partial charge < -0.3 is 10.6 Å². The van der Waals surface area contributed by atoms with Crippen LogP contribution in [-0.2, 0) is 0 Å². The minimum atomic E-state index is -0.153. The van der Waals surface area contributed by atoms with E-state index >= 15 is 0 Å². The van der Waals surface area contributed by atoms with Gasteiger partial charge in [0, 0.05) is 11.1 Å². The van der Waals surface area contributed by atoms with Crippen LogP contribution in [0.2, 0.25) is 0 Å². The Morgan fingerprint density at radius 1 is 1.31 bits per heavy atom. The van der Waals surface area contributed by atoms with E-state index in [1.165, 1.54) is 0 Å². The van der Waals surface area contributed by atoms with Crippen molar-refractivity contribution in [3.05, 3.63) is 28.0 Å². The topological polar surface area (TPSA) is 84.7 Å². The van der Waals surface area contributed by atoms with Gasteiger partial charge in [-0.1, -0.05) is 5.21 Å². The largest absolute Gasteiger partial charge is 0.341 e. The zero-order chi connectivity index (χ0) is 16.5. The third-order valence-electron chi connectivity index (χ3n) is 4.71. The summed E-state index contributed by atoms with van der Waals surface area (Å²) < 4.78 is 1.84. The second kappa shape index (κ2) is 9.12. The summed E-state index contributed by atoms with van der Waals surface area (Å²) in [5.41, 5.74) is 1.40. The zero-order valence-electron chi connectivity index (χ0n) is 14.6. The van der Waals surface area contributed by atoms with E-state index in [1.807, 2.05) is 17.0 Å². The number of nitrogens with zero attached hydrogens (tertiary/aromatic N) is 4. The molecule has 1 unspecified atom stereocenters. The van der Waals surface area contributed by atoms with E-state index in [4.69, 9.17) is 0 Å². The molecule has 0 radical (unpaired) electrons. The standard InChI is InChI=1S/C16H22N6OS.2ClH/c1-10-9-24-16(18-10)14(11-2-3-11)19-15(23)13-8-22(21-20-13)12-4-6-17-7-5-12;;/h8-9,11-12,14,17H,2-7H2,1H3,(H,19,23);2*1H. The summed E-state index contributed by atoms with van der Waals surface area (Å²) in [4.78, 5) is 17.2. The van der Waals surface area contributed by atoms with Gasteiger partial charge in [0.05, 0.1) is 18.3 Å². The normalized spacial score (nSPS) is 18.5. The van der Waals surface area contributed by atoms with Gasteiger partial charge in [-0.05, 0) is 51.6 Å². The van der Waals surface area contributed by atoms with E-state index in [9.17, 15) is 4.79 Å². The molecule has 26 heavy (non-hydrogen) atoms. The van der Waals surface area contributed by atoms with Crippen LogP contribution in [0.3, 0.4) is 0 Å². The van der Waals surface area contributed by atoms with Crippen LogP contribution in [0.4, 0.5) is 0 Å². The Hall–Kier alpha value is -1.22. The van der Waals surface area contributed by atoms with E-state index in [2.05, 4.69) is 25.9 Å². The molecule has 2 N–H and O–H groups in total. The molecular formula is C16H24Cl2N6OS. The molecule has 2 aromatic heterocycles. The van der Waals surface area contributed by atoms with Crippen molar-refractivity contribution in [2.45, 2.75) is 44.7 Å². The number of thiazole rings is 1. The van der Waals surface area contributed by atoms with Crippen LogP contribution < -0.4 is 10.6 Å². The van der Waals surface area contributed by atoms with Gasteiger partial charge in [-0.3, -0.25) is 4.79 Å². The number of rotatable bonds is 5. The summed E-state index contributed by atoms with van der Waals surface area (Å²) in [5.74, 6) is 0.346. The highest BCUT2D eigenvalue weighted by Crippen LogP contribution is 2.41. The number of nitrogens with one attached hydrogen (secondary N) is 2. The number of piperidine rings is 1. The number of halogens is 2. The van der Waals surface area contributed by atoms with Crippen LogP contribution in [0.5, 0.6) is 0 Å². The first-order chi connectivity index (χ1) is 11.7. The number of carbonyl (C=O) groups excluding carboxylic acids is 1. The molecule has 1 saturated carbocycles. The molecule has 3 heterocycles. The van der Waals surface area contributed by atoms with E-state index in [-0.39, 0.29) is 36.8 Å². The van der Waals surface area contributed by atoms with E-state index in [0.717, 1.165) is 49.5 Å². The lowest BCUT2D eigenvalue weighted by Crippen LogP contribution is -2.30. The summed E-state index contributed by atoms with van der Waals surface area (Å²) in [5, 5.41) is 17.7. The molecule has 10 heteroatoms. The third kappa shape index (κ3) is 4.73. The first-order valence-electron chi connectivity index (χ1n) is 8.56. The number of aryl methyl sites for hydroxylation is 1.